The third-order valence-corrected chi connectivity index (χ3v) is 16.2. The normalized spacial score (nSPS) is 12.2. The van der Waals surface area contributed by atoms with Crippen molar-refractivity contribution in [3.05, 3.63) is 260 Å². The lowest BCUT2D eigenvalue weighted by Crippen LogP contribution is -2.13. The summed E-state index contributed by atoms with van der Waals surface area (Å²) < 4.78 is 0. The van der Waals surface area contributed by atoms with Gasteiger partial charge in [-0.2, -0.15) is 0 Å². The van der Waals surface area contributed by atoms with Crippen LogP contribution in [0.2, 0.25) is 0 Å². The zero-order valence-corrected chi connectivity index (χ0v) is 42.2. The summed E-state index contributed by atoms with van der Waals surface area (Å²) in [5.74, 6) is 0. The Kier molecular flexibility index (Phi) is 9.59. The number of fused-ring (bicyclic) bond motifs is 12. The average molecular weight is 954 g/mol. The molecule has 0 saturated carbocycles. The first-order valence-electron chi connectivity index (χ1n) is 26.3. The molecule has 352 valence electrons. The largest absolute Gasteiger partial charge is 0.310 e. The standard InChI is InChI=1S/C74H51N/c1-74(2,3)54-34-38-55(39-35-54)75(56-36-32-50-42-62-64(44-52(50)40-56)72-68(48-24-12-6-13-25-48)60-30-18-16-28-58(60)66(70(62)72)46-20-8-4-9-21-46)57-37-33-51-43-63-65(45-53(51)41-57)73-69(49-26-14-7-15-27-49)61-31-19-17-29-59(61)67(71(63)73)47-22-10-5-11-23-47/h4-45H,1-3H3. The predicted molar refractivity (Wildman–Crippen MR) is 320 cm³/mol. The molecule has 0 heterocycles. The number of anilines is 3. The zero-order valence-electron chi connectivity index (χ0n) is 42.2. The molecule has 13 aromatic rings. The summed E-state index contributed by atoms with van der Waals surface area (Å²) in [6, 6.07) is 95.1. The third kappa shape index (κ3) is 6.71. The molecule has 1 heteroatoms. The Morgan fingerprint density at radius 1 is 0.240 bits per heavy atom. The van der Waals surface area contributed by atoms with Crippen LogP contribution in [0.5, 0.6) is 0 Å². The molecule has 0 saturated heterocycles. The van der Waals surface area contributed by atoms with Crippen LogP contribution in [0.25, 0.3) is 132 Å². The van der Waals surface area contributed by atoms with E-state index in [1.807, 2.05) is 0 Å². The van der Waals surface area contributed by atoms with Crippen LogP contribution in [0.15, 0.2) is 255 Å². The Morgan fingerprint density at radius 2 is 0.520 bits per heavy atom. The van der Waals surface area contributed by atoms with Gasteiger partial charge in [0.25, 0.3) is 0 Å². The van der Waals surface area contributed by atoms with Crippen molar-refractivity contribution in [2.24, 2.45) is 0 Å². The number of benzene rings is 13. The van der Waals surface area contributed by atoms with Crippen LogP contribution in [-0.4, -0.2) is 0 Å². The van der Waals surface area contributed by atoms with Gasteiger partial charge in [0.15, 0.2) is 0 Å². The van der Waals surface area contributed by atoms with Crippen molar-refractivity contribution in [1.29, 1.82) is 0 Å². The molecule has 0 fully saturated rings. The SMILES string of the molecule is CC(C)(C)c1ccc(N(c2ccc3cc4c(cc3c2)-c2c-4c(-c3ccccc3)c3ccccc3c2-c2ccccc2)c2ccc3cc4c(cc3c2)-c2c-4c(-c3ccccc3)c3ccccc3c2-c2ccccc2)cc1. The summed E-state index contributed by atoms with van der Waals surface area (Å²) in [5, 5.41) is 10.0. The van der Waals surface area contributed by atoms with Crippen LogP contribution in [0.1, 0.15) is 26.3 Å². The van der Waals surface area contributed by atoms with Crippen molar-refractivity contribution < 1.29 is 0 Å². The molecule has 0 radical (unpaired) electrons. The fourth-order valence-electron chi connectivity index (χ4n) is 12.7. The van der Waals surface area contributed by atoms with E-state index in [1.54, 1.807) is 0 Å². The molecule has 0 unspecified atom stereocenters. The van der Waals surface area contributed by atoms with Gasteiger partial charge in [0.1, 0.15) is 0 Å². The summed E-state index contributed by atoms with van der Waals surface area (Å²) in [5.41, 5.74) is 25.5. The lowest BCUT2D eigenvalue weighted by Gasteiger charge is -2.33. The fourth-order valence-corrected chi connectivity index (χ4v) is 12.7. The van der Waals surface area contributed by atoms with Crippen molar-refractivity contribution in [2.75, 3.05) is 4.90 Å². The summed E-state index contributed by atoms with van der Waals surface area (Å²) in [7, 11) is 0. The lowest BCUT2D eigenvalue weighted by atomic mass is 9.70. The number of nitrogens with zero attached hydrogens (tertiary/aromatic N) is 1. The van der Waals surface area contributed by atoms with Crippen molar-refractivity contribution in [2.45, 2.75) is 26.2 Å². The number of rotatable bonds is 7. The van der Waals surface area contributed by atoms with Gasteiger partial charge in [-0.25, -0.2) is 0 Å². The third-order valence-electron chi connectivity index (χ3n) is 16.2. The molecular weight excluding hydrogens is 903 g/mol. The first kappa shape index (κ1) is 43.3. The number of hydrogen-bond donors (Lipinski definition) is 0. The molecule has 2 aliphatic carbocycles. The number of hydrogen-bond acceptors (Lipinski definition) is 1. The van der Waals surface area contributed by atoms with Gasteiger partial charge < -0.3 is 4.90 Å². The molecule has 0 N–H and O–H groups in total. The van der Waals surface area contributed by atoms with E-state index in [0.29, 0.717) is 0 Å². The molecule has 0 aromatic heterocycles. The molecule has 0 amide bonds. The first-order chi connectivity index (χ1) is 36.9. The monoisotopic (exact) mass is 953 g/mol. The van der Waals surface area contributed by atoms with E-state index in [1.165, 1.54) is 138 Å². The minimum atomic E-state index is 0.0280. The van der Waals surface area contributed by atoms with E-state index >= 15 is 0 Å². The second kappa shape index (κ2) is 16.6. The Labute approximate surface area is 438 Å². The van der Waals surface area contributed by atoms with Gasteiger partial charge >= 0.3 is 0 Å². The maximum Gasteiger partial charge on any atom is 0.0468 e. The highest BCUT2D eigenvalue weighted by atomic mass is 15.1. The van der Waals surface area contributed by atoms with Gasteiger partial charge in [-0.05, 0) is 204 Å². The second-order valence-electron chi connectivity index (χ2n) is 21.5. The van der Waals surface area contributed by atoms with Crippen molar-refractivity contribution in [3.8, 4) is 89.0 Å². The highest BCUT2D eigenvalue weighted by Crippen LogP contribution is 2.62. The van der Waals surface area contributed by atoms with Crippen LogP contribution >= 0.6 is 0 Å². The van der Waals surface area contributed by atoms with E-state index in [9.17, 15) is 0 Å². The first-order valence-corrected chi connectivity index (χ1v) is 26.3. The topological polar surface area (TPSA) is 3.24 Å². The van der Waals surface area contributed by atoms with Gasteiger partial charge in [-0.15, -0.1) is 0 Å². The fraction of sp³-hybridized carbons (Fsp3) is 0.0541. The summed E-state index contributed by atoms with van der Waals surface area (Å²) in [6.45, 7) is 6.87. The lowest BCUT2D eigenvalue weighted by molar-refractivity contribution is 0.590. The summed E-state index contributed by atoms with van der Waals surface area (Å²) in [6.07, 6.45) is 0. The van der Waals surface area contributed by atoms with Gasteiger partial charge in [-0.3, -0.25) is 0 Å². The van der Waals surface area contributed by atoms with E-state index in [0.717, 1.165) is 17.1 Å². The van der Waals surface area contributed by atoms with Gasteiger partial charge in [-0.1, -0.05) is 215 Å². The highest BCUT2D eigenvalue weighted by Gasteiger charge is 2.35. The van der Waals surface area contributed by atoms with Crippen LogP contribution in [0.3, 0.4) is 0 Å². The maximum absolute atomic E-state index is 2.46. The molecule has 0 bridgehead atoms. The molecule has 0 aliphatic heterocycles. The maximum atomic E-state index is 2.46. The Balaban J connectivity index is 0.912. The average Bonchev–Trinajstić information content (AvgIpc) is 3.58. The predicted octanol–water partition coefficient (Wildman–Crippen LogP) is 21.0. The van der Waals surface area contributed by atoms with Gasteiger partial charge in [0.2, 0.25) is 0 Å². The Bertz CT molecular complexity index is 4190. The van der Waals surface area contributed by atoms with E-state index < -0.39 is 0 Å². The Hall–Kier alpha value is -9.30. The van der Waals surface area contributed by atoms with E-state index in [4.69, 9.17) is 0 Å². The van der Waals surface area contributed by atoms with Crippen molar-refractivity contribution in [3.63, 3.8) is 0 Å². The van der Waals surface area contributed by atoms with Crippen LogP contribution in [-0.2, 0) is 5.41 Å². The van der Waals surface area contributed by atoms with Crippen LogP contribution in [0, 0.1) is 0 Å². The molecule has 0 atom stereocenters. The molecule has 75 heavy (non-hydrogen) atoms. The molecule has 2 aliphatic rings. The quantitative estimate of drug-likeness (QED) is 0.154. The highest BCUT2D eigenvalue weighted by molar-refractivity contribution is 6.27. The van der Waals surface area contributed by atoms with Crippen LogP contribution < -0.4 is 4.90 Å². The van der Waals surface area contributed by atoms with Crippen molar-refractivity contribution in [1.82, 2.24) is 0 Å². The summed E-state index contributed by atoms with van der Waals surface area (Å²) >= 11 is 0. The molecule has 13 aromatic carbocycles. The molecular formula is C74H51N. The smallest absolute Gasteiger partial charge is 0.0468 e. The minimum Gasteiger partial charge on any atom is -0.310 e. The minimum absolute atomic E-state index is 0.0280. The molecule has 0 spiro atoms. The summed E-state index contributed by atoms with van der Waals surface area (Å²) in [4.78, 5) is 2.46. The van der Waals surface area contributed by atoms with Gasteiger partial charge in [0.05, 0.1) is 0 Å². The van der Waals surface area contributed by atoms with E-state index in [2.05, 4.69) is 280 Å². The van der Waals surface area contributed by atoms with E-state index in [-0.39, 0.29) is 5.41 Å². The van der Waals surface area contributed by atoms with Gasteiger partial charge in [0, 0.05) is 17.1 Å². The second-order valence-corrected chi connectivity index (χ2v) is 21.5. The van der Waals surface area contributed by atoms with Crippen LogP contribution in [0.4, 0.5) is 17.1 Å². The molecule has 15 rings (SSSR count). The Morgan fingerprint density at radius 3 is 0.827 bits per heavy atom. The zero-order chi connectivity index (χ0) is 49.9. The molecule has 1 nitrogen and oxygen atoms in total. The van der Waals surface area contributed by atoms with Crippen molar-refractivity contribution >= 4 is 60.2 Å².